The van der Waals surface area contributed by atoms with Crippen molar-refractivity contribution in [2.24, 2.45) is 0 Å². The van der Waals surface area contributed by atoms with Gasteiger partial charge in [0.2, 0.25) is 0 Å². The second kappa shape index (κ2) is 13.8. The van der Waals surface area contributed by atoms with Crippen LogP contribution in [0, 0.1) is 6.07 Å². The average Bonchev–Trinajstić information content (AvgIpc) is 3.77. The zero-order chi connectivity index (χ0) is 35.3. The Balaban J connectivity index is 0.00000384. The topological polar surface area (TPSA) is 55.9 Å². The number of rotatable bonds is 6. The summed E-state index contributed by atoms with van der Waals surface area (Å²) in [7, 11) is 0. The molecular formula is C48H31N4OPt-. The van der Waals surface area contributed by atoms with Crippen LogP contribution in [0.25, 0.3) is 89.1 Å². The molecule has 0 aliphatic heterocycles. The largest absolute Gasteiger partial charge is 0.507 e. The van der Waals surface area contributed by atoms with Gasteiger partial charge in [-0.05, 0) is 48.0 Å². The number of hydrogen-bond donors (Lipinski definition) is 1. The van der Waals surface area contributed by atoms with Crippen LogP contribution in [0.1, 0.15) is 0 Å². The summed E-state index contributed by atoms with van der Waals surface area (Å²) in [5.74, 6) is 0.796. The van der Waals surface area contributed by atoms with Crippen molar-refractivity contribution in [3.05, 3.63) is 188 Å². The molecule has 1 N–H and O–H groups in total. The van der Waals surface area contributed by atoms with Gasteiger partial charge in [0.15, 0.2) is 0 Å². The molecule has 7 aromatic carbocycles. The third-order valence-corrected chi connectivity index (χ3v) is 9.99. The fraction of sp³-hybridized carbons (Fsp3) is 0. The van der Waals surface area contributed by atoms with Crippen LogP contribution in [0.4, 0.5) is 0 Å². The van der Waals surface area contributed by atoms with Gasteiger partial charge in [0.25, 0.3) is 0 Å². The minimum absolute atomic E-state index is 0. The number of phenols is 1. The summed E-state index contributed by atoms with van der Waals surface area (Å²) in [5.41, 5.74) is 12.1. The number of imidazole rings is 1. The Hall–Kier alpha value is -6.55. The van der Waals surface area contributed by atoms with Gasteiger partial charge < -0.3 is 9.67 Å². The van der Waals surface area contributed by atoms with E-state index in [0.29, 0.717) is 11.4 Å². The zero-order valence-electron chi connectivity index (χ0n) is 28.9. The van der Waals surface area contributed by atoms with Crippen LogP contribution in [0.2, 0.25) is 0 Å². The molecule has 0 atom stereocenters. The summed E-state index contributed by atoms with van der Waals surface area (Å²) in [6.45, 7) is 0. The first-order valence-corrected chi connectivity index (χ1v) is 17.7. The minimum Gasteiger partial charge on any atom is -0.507 e. The molecule has 0 bridgehead atoms. The summed E-state index contributed by atoms with van der Waals surface area (Å²) in [6.07, 6.45) is 1.80. The summed E-state index contributed by atoms with van der Waals surface area (Å²) in [4.78, 5) is 10.0. The molecule has 3 heterocycles. The van der Waals surface area contributed by atoms with Crippen molar-refractivity contribution in [1.82, 2.24) is 19.1 Å². The predicted octanol–water partition coefficient (Wildman–Crippen LogP) is 11.7. The van der Waals surface area contributed by atoms with E-state index in [4.69, 9.17) is 4.98 Å². The number of benzene rings is 7. The van der Waals surface area contributed by atoms with Gasteiger partial charge in [-0.1, -0.05) is 120 Å². The number of aromatic nitrogens is 4. The van der Waals surface area contributed by atoms with Gasteiger partial charge in [0, 0.05) is 61.0 Å². The average molecular weight is 875 g/mol. The number of fused-ring (bicyclic) bond motifs is 4. The van der Waals surface area contributed by atoms with E-state index in [1.54, 1.807) is 6.20 Å². The van der Waals surface area contributed by atoms with E-state index in [0.717, 1.165) is 77.7 Å². The first-order chi connectivity index (χ1) is 26.2. The van der Waals surface area contributed by atoms with Crippen LogP contribution in [0.15, 0.2) is 182 Å². The molecule has 0 amide bonds. The van der Waals surface area contributed by atoms with E-state index in [2.05, 4.69) is 135 Å². The standard InChI is InChI=1S/C48H31N4O.Pt/c53-46-31-45-39(38-22-8-10-26-43(38)51(45)35-19-5-2-6-20-35)30-40(46)48-50-47-37(33-17-13-18-34(29-33)41-24-11-12-28-49-41)23-14-27-44(47)52(48)42-25-9-7-21-36(42)32-15-3-1-4-16-32;/h1-28,30-31,53H;/q-1;. The molecule has 10 aromatic rings. The zero-order valence-corrected chi connectivity index (χ0v) is 31.1. The van der Waals surface area contributed by atoms with Gasteiger partial charge in [-0.3, -0.25) is 9.55 Å². The molecule has 6 heteroatoms. The molecule has 5 nitrogen and oxygen atoms in total. The van der Waals surface area contributed by atoms with Crippen molar-refractivity contribution >= 4 is 32.8 Å². The molecule has 3 aromatic heterocycles. The molecule has 0 saturated heterocycles. The normalized spacial score (nSPS) is 11.3. The smallest absolute Gasteiger partial charge is 0.148 e. The minimum atomic E-state index is 0. The fourth-order valence-corrected chi connectivity index (χ4v) is 7.61. The molecular weight excluding hydrogens is 844 g/mol. The van der Waals surface area contributed by atoms with Crippen LogP contribution in [-0.4, -0.2) is 24.2 Å². The van der Waals surface area contributed by atoms with Crippen molar-refractivity contribution in [1.29, 1.82) is 0 Å². The Labute approximate surface area is 326 Å². The number of nitrogens with zero attached hydrogens (tertiary/aromatic N) is 4. The van der Waals surface area contributed by atoms with Gasteiger partial charge in [-0.2, -0.15) is 0 Å². The quantitative estimate of drug-likeness (QED) is 0.169. The number of aromatic hydroxyl groups is 1. The summed E-state index contributed by atoms with van der Waals surface area (Å²) >= 11 is 0. The maximum absolute atomic E-state index is 12.1. The molecule has 10 rings (SSSR count). The van der Waals surface area contributed by atoms with Crippen molar-refractivity contribution in [3.63, 3.8) is 0 Å². The van der Waals surface area contributed by atoms with E-state index >= 15 is 0 Å². The van der Waals surface area contributed by atoms with Gasteiger partial charge in [0.1, 0.15) is 11.6 Å². The Morgan fingerprint density at radius 3 is 2.02 bits per heavy atom. The van der Waals surface area contributed by atoms with Crippen LogP contribution in [-0.2, 0) is 21.1 Å². The Bertz CT molecular complexity index is 2950. The monoisotopic (exact) mass is 874 g/mol. The number of phenolic OH excluding ortho intramolecular Hbond substituents is 1. The Kier molecular flexibility index (Phi) is 8.49. The molecule has 260 valence electrons. The van der Waals surface area contributed by atoms with E-state index < -0.39 is 0 Å². The third kappa shape index (κ3) is 5.53. The van der Waals surface area contributed by atoms with Crippen molar-refractivity contribution < 1.29 is 26.2 Å². The van der Waals surface area contributed by atoms with E-state index in [1.807, 2.05) is 60.7 Å². The molecule has 54 heavy (non-hydrogen) atoms. The molecule has 0 unspecified atom stereocenters. The molecule has 0 aliphatic rings. The molecule has 0 fully saturated rings. The van der Waals surface area contributed by atoms with E-state index in [9.17, 15) is 5.11 Å². The first kappa shape index (κ1) is 33.3. The SMILES string of the molecule is Oc1cc2c(cc1-c1nc3c(-c4[c-]c(-c5ccccn5)ccc4)cccc3n1-c1ccccc1-c1ccccc1)c1ccccc1n2-c1ccccc1.[Pt]. The van der Waals surface area contributed by atoms with Crippen LogP contribution >= 0.6 is 0 Å². The molecule has 0 radical (unpaired) electrons. The van der Waals surface area contributed by atoms with E-state index in [-0.39, 0.29) is 26.8 Å². The van der Waals surface area contributed by atoms with Gasteiger partial charge >= 0.3 is 0 Å². The second-order valence-corrected chi connectivity index (χ2v) is 13.1. The maximum Gasteiger partial charge on any atom is 0.148 e. The number of pyridine rings is 1. The number of hydrogen-bond acceptors (Lipinski definition) is 3. The molecule has 0 spiro atoms. The molecule has 0 saturated carbocycles. The van der Waals surface area contributed by atoms with Crippen LogP contribution in [0.5, 0.6) is 5.75 Å². The van der Waals surface area contributed by atoms with E-state index in [1.165, 1.54) is 0 Å². The summed E-state index contributed by atoms with van der Waals surface area (Å²) in [6, 6.07) is 63.4. The summed E-state index contributed by atoms with van der Waals surface area (Å²) in [5, 5.41) is 14.2. The van der Waals surface area contributed by atoms with Crippen molar-refractivity contribution in [2.75, 3.05) is 0 Å². The van der Waals surface area contributed by atoms with Crippen LogP contribution in [0.3, 0.4) is 0 Å². The van der Waals surface area contributed by atoms with Crippen molar-refractivity contribution in [3.8, 4) is 62.0 Å². The Morgan fingerprint density at radius 2 is 1.19 bits per heavy atom. The number of para-hydroxylation sites is 4. The van der Waals surface area contributed by atoms with Crippen molar-refractivity contribution in [2.45, 2.75) is 0 Å². The van der Waals surface area contributed by atoms with Gasteiger partial charge in [0.05, 0.1) is 33.3 Å². The fourth-order valence-electron chi connectivity index (χ4n) is 7.61. The van der Waals surface area contributed by atoms with Gasteiger partial charge in [-0.15, -0.1) is 29.8 Å². The molecule has 0 aliphatic carbocycles. The van der Waals surface area contributed by atoms with Gasteiger partial charge in [-0.25, -0.2) is 4.98 Å². The third-order valence-electron chi connectivity index (χ3n) is 9.99. The first-order valence-electron chi connectivity index (χ1n) is 17.7. The predicted molar refractivity (Wildman–Crippen MR) is 215 cm³/mol. The Morgan fingerprint density at radius 1 is 0.500 bits per heavy atom. The van der Waals surface area contributed by atoms with Crippen LogP contribution < -0.4 is 0 Å². The second-order valence-electron chi connectivity index (χ2n) is 13.1. The summed E-state index contributed by atoms with van der Waals surface area (Å²) < 4.78 is 4.41. The maximum atomic E-state index is 12.1.